The van der Waals surface area contributed by atoms with Crippen LogP contribution in [-0.2, 0) is 0 Å². The van der Waals surface area contributed by atoms with E-state index in [9.17, 15) is 0 Å². The summed E-state index contributed by atoms with van der Waals surface area (Å²) in [4.78, 5) is 0. The summed E-state index contributed by atoms with van der Waals surface area (Å²) in [5.41, 5.74) is 0. The molecule has 0 aromatic carbocycles. The zero-order valence-corrected chi connectivity index (χ0v) is 8.96. The summed E-state index contributed by atoms with van der Waals surface area (Å²) in [6.07, 6.45) is 11.3. The highest BCUT2D eigenvalue weighted by Crippen LogP contribution is 2.61. The van der Waals surface area contributed by atoms with Crippen LogP contribution in [0.15, 0.2) is 0 Å². The van der Waals surface area contributed by atoms with Gasteiger partial charge in [-0.3, -0.25) is 0 Å². The molecule has 0 aliphatic heterocycles. The molecule has 3 aliphatic rings. The lowest BCUT2D eigenvalue weighted by Gasteiger charge is -2.22. The molecule has 5 radical (unpaired) electrons. The van der Waals surface area contributed by atoms with Crippen molar-refractivity contribution in [1.82, 2.24) is 0 Å². The van der Waals surface area contributed by atoms with E-state index in [-0.39, 0.29) is 0 Å². The molecule has 14 heavy (non-hydrogen) atoms. The van der Waals surface area contributed by atoms with Gasteiger partial charge in [0.1, 0.15) is 20.3 Å². The van der Waals surface area contributed by atoms with Crippen molar-refractivity contribution in [2.24, 2.45) is 11.8 Å². The van der Waals surface area contributed by atoms with Gasteiger partial charge in [0.25, 0.3) is 0 Å². The first-order chi connectivity index (χ1) is 6.74. The van der Waals surface area contributed by atoms with Gasteiger partial charge in [-0.15, -0.1) is 0 Å². The van der Waals surface area contributed by atoms with Gasteiger partial charge in [-0.1, -0.05) is 0 Å². The number of nitrogens with zero attached hydrogens (tertiary/aromatic N) is 1. The average molecular weight is 187 g/mol. The molecule has 0 N–H and O–H groups in total. The third-order valence-electron chi connectivity index (χ3n) is 3.70. The van der Waals surface area contributed by atoms with Crippen molar-refractivity contribution in [2.45, 2.75) is 19.3 Å². The largest absolute Gasteiger partial charge is 0.244 e. The number of hydrogen-bond acceptors (Lipinski definition) is 0. The van der Waals surface area contributed by atoms with Gasteiger partial charge >= 0.3 is 0 Å². The number of fused-ring (bicyclic) bond motifs is 5. The summed E-state index contributed by atoms with van der Waals surface area (Å²) in [6, 6.07) is 0. The fourth-order valence-electron chi connectivity index (χ4n) is 3.19. The van der Waals surface area contributed by atoms with Gasteiger partial charge in [0.05, 0.1) is 5.92 Å². The van der Waals surface area contributed by atoms with E-state index in [0.29, 0.717) is 0 Å². The Bertz CT molecular complexity index is 246. The van der Waals surface area contributed by atoms with Crippen LogP contribution in [0.3, 0.4) is 0 Å². The van der Waals surface area contributed by atoms with Gasteiger partial charge in [0, 0.05) is 0 Å². The highest BCUT2D eigenvalue weighted by molar-refractivity contribution is 5.82. The van der Waals surface area contributed by atoms with E-state index in [2.05, 4.69) is 37.7 Å². The first-order valence-corrected chi connectivity index (χ1v) is 5.56. The minimum atomic E-state index is 0.902. The summed E-state index contributed by atoms with van der Waals surface area (Å²) in [6.45, 7) is 0. The second-order valence-electron chi connectivity index (χ2n) is 5.00. The lowest BCUT2D eigenvalue weighted by Crippen LogP contribution is -2.12. The third-order valence-corrected chi connectivity index (χ3v) is 3.70. The van der Waals surface area contributed by atoms with Crippen LogP contribution in [0.1, 0.15) is 19.3 Å². The van der Waals surface area contributed by atoms with Gasteiger partial charge < -0.3 is 0 Å². The van der Waals surface area contributed by atoms with Crippen molar-refractivity contribution in [3.05, 3.63) is 30.6 Å². The Labute approximate surface area is 87.2 Å². The van der Waals surface area contributed by atoms with Crippen LogP contribution in [0.5, 0.6) is 0 Å². The van der Waals surface area contributed by atoms with Gasteiger partial charge in [-0.05, 0) is 55.8 Å². The fraction of sp³-hybridized carbons (Fsp3) is 0.538. The van der Waals surface area contributed by atoms with Crippen LogP contribution in [0.4, 0.5) is 0 Å². The molecule has 3 aliphatic carbocycles. The van der Waals surface area contributed by atoms with E-state index >= 15 is 0 Å². The molecule has 0 heterocycles. The molecule has 3 rings (SSSR count). The van der Waals surface area contributed by atoms with Crippen LogP contribution in [0, 0.1) is 42.4 Å². The maximum Gasteiger partial charge on any atom is 0.147 e. The molecule has 0 amide bonds. The average Bonchev–Trinajstić information content (AvgIpc) is 2.69. The molecule has 1 nitrogen and oxygen atoms in total. The predicted octanol–water partition coefficient (Wildman–Crippen LogP) is 1.90. The second-order valence-corrected chi connectivity index (χ2v) is 5.00. The molecule has 3 saturated carbocycles. The first-order valence-electron chi connectivity index (χ1n) is 5.56. The van der Waals surface area contributed by atoms with E-state index in [4.69, 9.17) is 0 Å². The summed E-state index contributed by atoms with van der Waals surface area (Å²) in [7, 11) is 4.18. The topological polar surface area (TPSA) is 3.01 Å². The van der Waals surface area contributed by atoms with E-state index in [0.717, 1.165) is 11.8 Å². The predicted molar refractivity (Wildman–Crippen MR) is 57.3 cm³/mol. The smallest absolute Gasteiger partial charge is 0.147 e. The minimum absolute atomic E-state index is 0.902. The molecular formula is C13H17N+. The van der Waals surface area contributed by atoms with Crippen LogP contribution in [0.2, 0.25) is 0 Å². The standard InChI is InChI=1S/C13H17N/c1-14(2)8-9-5-12-10-3-4-11(7-10)13(12)6-9/h5-6,8,10-11H,3-4,7H2,1-2H3/q+1. The molecule has 0 saturated heterocycles. The number of rotatable bonds is 1. The lowest BCUT2D eigenvalue weighted by molar-refractivity contribution is -0.459. The molecule has 1 heteroatoms. The zero-order chi connectivity index (χ0) is 9.71. The zero-order valence-electron chi connectivity index (χ0n) is 8.96. The van der Waals surface area contributed by atoms with Crippen molar-refractivity contribution in [3.8, 4) is 0 Å². The quantitative estimate of drug-likeness (QED) is 0.436. The van der Waals surface area contributed by atoms with Crippen molar-refractivity contribution in [3.63, 3.8) is 0 Å². The third kappa shape index (κ3) is 1.24. The molecule has 3 fully saturated rings. The van der Waals surface area contributed by atoms with Gasteiger partial charge in [0.15, 0.2) is 0 Å². The summed E-state index contributed by atoms with van der Waals surface area (Å²) in [5.74, 6) is 6.53. The molecule has 2 atom stereocenters. The SMILES string of the molecule is C[N+](C)=C[C]1[CH][C]2[C]([CH]1)C1CCC2C1. The van der Waals surface area contributed by atoms with E-state index in [1.54, 1.807) is 11.8 Å². The van der Waals surface area contributed by atoms with Gasteiger partial charge in [-0.2, -0.15) is 0 Å². The van der Waals surface area contributed by atoms with Crippen LogP contribution >= 0.6 is 0 Å². The highest BCUT2D eigenvalue weighted by Gasteiger charge is 2.53. The van der Waals surface area contributed by atoms with E-state index < -0.39 is 0 Å². The molecule has 0 aromatic heterocycles. The summed E-state index contributed by atoms with van der Waals surface area (Å²) < 4.78 is 2.13. The minimum Gasteiger partial charge on any atom is -0.244 e. The Balaban J connectivity index is 1.74. The summed E-state index contributed by atoms with van der Waals surface area (Å²) in [5, 5.41) is 0. The lowest BCUT2D eigenvalue weighted by atomic mass is 9.82. The Hall–Kier alpha value is -0.330. The van der Waals surface area contributed by atoms with E-state index in [1.807, 2.05) is 0 Å². The highest BCUT2D eigenvalue weighted by atomic mass is 14.9. The first kappa shape index (κ1) is 8.94. The van der Waals surface area contributed by atoms with Crippen molar-refractivity contribution >= 4 is 6.21 Å². The molecule has 73 valence electrons. The van der Waals surface area contributed by atoms with Crippen molar-refractivity contribution < 1.29 is 4.58 Å². The van der Waals surface area contributed by atoms with Crippen LogP contribution < -0.4 is 0 Å². The Morgan fingerprint density at radius 2 is 1.71 bits per heavy atom. The van der Waals surface area contributed by atoms with Crippen LogP contribution in [-0.4, -0.2) is 24.9 Å². The van der Waals surface area contributed by atoms with Crippen LogP contribution in [0.25, 0.3) is 0 Å². The molecule has 2 unspecified atom stereocenters. The molecule has 0 spiro atoms. The molecule has 2 bridgehead atoms. The molecule has 0 aromatic rings. The Kier molecular flexibility index (Phi) is 1.97. The summed E-state index contributed by atoms with van der Waals surface area (Å²) >= 11 is 0. The fourth-order valence-corrected chi connectivity index (χ4v) is 3.19. The second kappa shape index (κ2) is 3.08. The monoisotopic (exact) mass is 187 g/mol. The van der Waals surface area contributed by atoms with Crippen molar-refractivity contribution in [2.75, 3.05) is 14.1 Å². The Morgan fingerprint density at radius 1 is 1.14 bits per heavy atom. The van der Waals surface area contributed by atoms with E-state index in [1.165, 1.54) is 25.2 Å². The van der Waals surface area contributed by atoms with Crippen molar-refractivity contribution in [1.29, 1.82) is 0 Å². The maximum absolute atomic E-state index is 2.40. The number of hydrogen-bond donors (Lipinski definition) is 0. The van der Waals surface area contributed by atoms with Gasteiger partial charge in [-0.25, -0.2) is 4.58 Å². The molecular weight excluding hydrogens is 170 g/mol. The normalized spacial score (nSPS) is 37.9. The maximum atomic E-state index is 2.40. The Morgan fingerprint density at radius 3 is 2.21 bits per heavy atom. The van der Waals surface area contributed by atoms with Gasteiger partial charge in [0.2, 0.25) is 0 Å².